The lowest BCUT2D eigenvalue weighted by Gasteiger charge is -2.41. The van der Waals surface area contributed by atoms with Crippen molar-refractivity contribution in [2.24, 2.45) is 5.92 Å². The Balaban J connectivity index is 1.17. The van der Waals surface area contributed by atoms with Crippen LogP contribution >= 0.6 is 0 Å². The van der Waals surface area contributed by atoms with Gasteiger partial charge in [0, 0.05) is 36.7 Å². The summed E-state index contributed by atoms with van der Waals surface area (Å²) in [7, 11) is 0. The number of nitrogens with zero attached hydrogens (tertiary/aromatic N) is 2. The summed E-state index contributed by atoms with van der Waals surface area (Å²) in [6.45, 7) is 11.5. The number of hydrogen-bond acceptors (Lipinski definition) is 3. The van der Waals surface area contributed by atoms with E-state index in [0.717, 1.165) is 43.9 Å². The molecule has 2 aliphatic heterocycles. The van der Waals surface area contributed by atoms with Crippen LogP contribution in [-0.2, 0) is 13.0 Å². The highest BCUT2D eigenvalue weighted by molar-refractivity contribution is 6.02. The number of likely N-dealkylation sites (tertiary alicyclic amines) is 2. The average molecular weight is 477 g/mol. The van der Waals surface area contributed by atoms with Crippen LogP contribution in [0, 0.1) is 5.92 Å². The molecule has 3 aliphatic rings. The lowest BCUT2D eigenvalue weighted by molar-refractivity contribution is 0.0336. The van der Waals surface area contributed by atoms with E-state index in [9.17, 15) is 4.79 Å². The van der Waals surface area contributed by atoms with Crippen LogP contribution in [-0.4, -0.2) is 53.0 Å². The van der Waals surface area contributed by atoms with E-state index in [1.54, 1.807) is 0 Å². The molecule has 0 N–H and O–H groups in total. The topological polar surface area (TPSA) is 23.6 Å². The van der Waals surface area contributed by atoms with Gasteiger partial charge in [-0.2, -0.15) is 0 Å². The van der Waals surface area contributed by atoms with Crippen molar-refractivity contribution >= 4 is 5.78 Å². The first-order valence-electron chi connectivity index (χ1n) is 13.6. The van der Waals surface area contributed by atoms with Gasteiger partial charge in [0.05, 0.1) is 0 Å². The summed E-state index contributed by atoms with van der Waals surface area (Å²) in [6, 6.07) is 16.9. The second-order valence-corrected chi connectivity index (χ2v) is 12.2. The van der Waals surface area contributed by atoms with Crippen LogP contribution in [0.5, 0.6) is 0 Å². The standard InChI is InChI=1S/C31H41FN2O/c1-30(2,3)34-15-11-24(12-16-34)25-9-10-28-26(19-25)20-27(29(28)35)21-31(32)13-17-33(18-14-31)22-23-7-5-4-6-8-23/h4-10,19,24,27H,11-18,20-22H2,1-3H3. The average Bonchev–Trinajstić information content (AvgIpc) is 3.15. The molecule has 0 radical (unpaired) electrons. The van der Waals surface area contributed by atoms with Crippen LogP contribution in [0.15, 0.2) is 48.5 Å². The van der Waals surface area contributed by atoms with Crippen molar-refractivity contribution in [1.29, 1.82) is 0 Å². The maximum Gasteiger partial charge on any atom is 0.166 e. The highest BCUT2D eigenvalue weighted by Gasteiger charge is 2.41. The van der Waals surface area contributed by atoms with Crippen molar-refractivity contribution < 1.29 is 9.18 Å². The van der Waals surface area contributed by atoms with Gasteiger partial charge in [-0.05, 0) is 95.0 Å². The molecule has 0 bridgehead atoms. The van der Waals surface area contributed by atoms with Crippen LogP contribution < -0.4 is 0 Å². The normalized spacial score (nSPS) is 24.0. The molecule has 1 atom stereocenters. The summed E-state index contributed by atoms with van der Waals surface area (Å²) in [5.41, 5.74) is 3.65. The van der Waals surface area contributed by atoms with Crippen molar-refractivity contribution in [3.8, 4) is 0 Å². The van der Waals surface area contributed by atoms with Gasteiger partial charge in [0.1, 0.15) is 5.67 Å². The summed E-state index contributed by atoms with van der Waals surface area (Å²) in [4.78, 5) is 18.1. The molecule has 0 spiro atoms. The molecule has 3 nitrogen and oxygen atoms in total. The Labute approximate surface area is 210 Å². The Bertz CT molecular complexity index is 1030. The first kappa shape index (κ1) is 24.6. The maximum absolute atomic E-state index is 15.9. The number of carbonyl (C=O) groups is 1. The number of piperidine rings is 2. The number of halogens is 1. The number of carbonyl (C=O) groups excluding carboxylic acids is 1. The van der Waals surface area contributed by atoms with Gasteiger partial charge in [-0.1, -0.05) is 48.5 Å². The highest BCUT2D eigenvalue weighted by atomic mass is 19.1. The molecule has 2 aromatic rings. The van der Waals surface area contributed by atoms with Gasteiger partial charge >= 0.3 is 0 Å². The van der Waals surface area contributed by atoms with Crippen molar-refractivity contribution in [2.45, 2.75) is 83.0 Å². The molecular weight excluding hydrogens is 435 g/mol. The lowest BCUT2D eigenvalue weighted by Crippen LogP contribution is -2.45. The molecular formula is C31H41FN2O. The summed E-state index contributed by atoms with van der Waals surface area (Å²) in [5, 5.41) is 0. The third-order valence-electron chi connectivity index (χ3n) is 8.76. The molecule has 0 amide bonds. The number of Topliss-reactive ketones (excluding diaryl/α,β-unsaturated/α-hetero) is 1. The maximum atomic E-state index is 15.9. The molecule has 2 aromatic carbocycles. The zero-order valence-electron chi connectivity index (χ0n) is 21.7. The third kappa shape index (κ3) is 5.54. The fraction of sp³-hybridized carbons (Fsp3) is 0.581. The van der Waals surface area contributed by atoms with Crippen LogP contribution in [0.4, 0.5) is 4.39 Å². The number of fused-ring (bicyclic) bond motifs is 1. The molecule has 0 saturated carbocycles. The predicted molar refractivity (Wildman–Crippen MR) is 141 cm³/mol. The molecule has 35 heavy (non-hydrogen) atoms. The van der Waals surface area contributed by atoms with Gasteiger partial charge in [-0.15, -0.1) is 0 Å². The van der Waals surface area contributed by atoms with E-state index in [1.807, 2.05) is 12.1 Å². The summed E-state index contributed by atoms with van der Waals surface area (Å²) in [6.07, 6.45) is 4.47. The zero-order valence-corrected chi connectivity index (χ0v) is 21.7. The number of benzene rings is 2. The number of rotatable bonds is 5. The number of alkyl halides is 1. The molecule has 2 fully saturated rings. The molecule has 1 unspecified atom stereocenters. The summed E-state index contributed by atoms with van der Waals surface area (Å²) in [5.74, 6) is 0.529. The molecule has 5 rings (SSSR count). The predicted octanol–water partition coefficient (Wildman–Crippen LogP) is 6.41. The Morgan fingerprint density at radius 1 is 0.971 bits per heavy atom. The van der Waals surface area contributed by atoms with Gasteiger partial charge in [0.2, 0.25) is 0 Å². The van der Waals surface area contributed by atoms with E-state index in [4.69, 9.17) is 0 Å². The fourth-order valence-corrected chi connectivity index (χ4v) is 6.50. The SMILES string of the molecule is CC(C)(C)N1CCC(c2ccc3c(c2)CC(CC2(F)CCN(Cc4ccccc4)CC2)C3=O)CC1. The van der Waals surface area contributed by atoms with E-state index < -0.39 is 5.67 Å². The number of ketones is 1. The first-order chi connectivity index (χ1) is 16.7. The van der Waals surface area contributed by atoms with Gasteiger partial charge in [-0.3, -0.25) is 14.6 Å². The summed E-state index contributed by atoms with van der Waals surface area (Å²) >= 11 is 0. The second kappa shape index (κ2) is 9.78. The van der Waals surface area contributed by atoms with E-state index in [1.165, 1.54) is 24.0 Å². The fourth-order valence-electron chi connectivity index (χ4n) is 6.50. The van der Waals surface area contributed by atoms with Crippen molar-refractivity contribution in [3.63, 3.8) is 0 Å². The Morgan fingerprint density at radius 3 is 2.31 bits per heavy atom. The Hall–Kier alpha value is -2.04. The zero-order chi connectivity index (χ0) is 24.6. The van der Waals surface area contributed by atoms with Crippen LogP contribution in [0.25, 0.3) is 0 Å². The quantitative estimate of drug-likeness (QED) is 0.498. The highest BCUT2D eigenvalue weighted by Crippen LogP contribution is 2.40. The minimum Gasteiger partial charge on any atom is -0.299 e. The van der Waals surface area contributed by atoms with E-state index in [2.05, 4.69) is 67.0 Å². The minimum absolute atomic E-state index is 0.165. The van der Waals surface area contributed by atoms with Gasteiger partial charge in [0.25, 0.3) is 0 Å². The smallest absolute Gasteiger partial charge is 0.166 e. The van der Waals surface area contributed by atoms with Gasteiger partial charge in [-0.25, -0.2) is 4.39 Å². The summed E-state index contributed by atoms with van der Waals surface area (Å²) < 4.78 is 15.9. The van der Waals surface area contributed by atoms with E-state index in [0.29, 0.717) is 31.6 Å². The molecule has 1 aliphatic carbocycles. The van der Waals surface area contributed by atoms with Crippen molar-refractivity contribution in [2.75, 3.05) is 26.2 Å². The van der Waals surface area contributed by atoms with E-state index >= 15 is 4.39 Å². The molecule has 2 saturated heterocycles. The Morgan fingerprint density at radius 2 is 1.66 bits per heavy atom. The molecule has 2 heterocycles. The third-order valence-corrected chi connectivity index (χ3v) is 8.76. The monoisotopic (exact) mass is 476 g/mol. The van der Waals surface area contributed by atoms with Crippen molar-refractivity contribution in [3.05, 3.63) is 70.8 Å². The molecule has 4 heteroatoms. The first-order valence-corrected chi connectivity index (χ1v) is 13.6. The molecule has 0 aromatic heterocycles. The van der Waals surface area contributed by atoms with E-state index in [-0.39, 0.29) is 17.2 Å². The van der Waals surface area contributed by atoms with Gasteiger partial charge in [0.15, 0.2) is 5.78 Å². The Kier molecular flexibility index (Phi) is 6.89. The minimum atomic E-state index is -1.22. The largest absolute Gasteiger partial charge is 0.299 e. The lowest BCUT2D eigenvalue weighted by atomic mass is 9.82. The van der Waals surface area contributed by atoms with Crippen LogP contribution in [0.1, 0.15) is 85.8 Å². The number of hydrogen-bond donors (Lipinski definition) is 0. The van der Waals surface area contributed by atoms with Crippen LogP contribution in [0.3, 0.4) is 0 Å². The van der Waals surface area contributed by atoms with Crippen LogP contribution in [0.2, 0.25) is 0 Å². The molecule has 188 valence electrons. The van der Waals surface area contributed by atoms with Gasteiger partial charge < -0.3 is 0 Å². The van der Waals surface area contributed by atoms with Crippen molar-refractivity contribution in [1.82, 2.24) is 9.80 Å². The second-order valence-electron chi connectivity index (χ2n) is 12.2.